The van der Waals surface area contributed by atoms with Crippen molar-refractivity contribution in [2.75, 3.05) is 13.6 Å². The molecule has 0 aliphatic heterocycles. The SMILES string of the molecule is CC(C)CN(C)S(=O)(=O)c1cc(C(=O)O)oc1Br. The molecule has 0 aliphatic rings. The summed E-state index contributed by atoms with van der Waals surface area (Å²) in [6.45, 7) is 4.11. The molecule has 0 radical (unpaired) electrons. The molecule has 1 aromatic rings. The van der Waals surface area contributed by atoms with Crippen molar-refractivity contribution in [1.29, 1.82) is 0 Å². The van der Waals surface area contributed by atoms with Crippen LogP contribution in [0, 0.1) is 5.92 Å². The molecule has 8 heteroatoms. The summed E-state index contributed by atoms with van der Waals surface area (Å²) in [7, 11) is -2.31. The first kappa shape index (κ1) is 15.2. The number of aromatic carboxylic acids is 1. The monoisotopic (exact) mass is 339 g/mol. The predicted octanol–water partition coefficient (Wildman–Crippen LogP) is 2.02. The van der Waals surface area contributed by atoms with Gasteiger partial charge >= 0.3 is 5.97 Å². The van der Waals surface area contributed by atoms with Gasteiger partial charge in [0.1, 0.15) is 4.90 Å². The van der Waals surface area contributed by atoms with Crippen LogP contribution in [0.25, 0.3) is 0 Å². The van der Waals surface area contributed by atoms with Crippen molar-refractivity contribution in [3.05, 3.63) is 16.5 Å². The van der Waals surface area contributed by atoms with E-state index in [1.807, 2.05) is 13.8 Å². The van der Waals surface area contributed by atoms with Crippen LogP contribution >= 0.6 is 15.9 Å². The smallest absolute Gasteiger partial charge is 0.371 e. The highest BCUT2D eigenvalue weighted by molar-refractivity contribution is 9.10. The number of sulfonamides is 1. The lowest BCUT2D eigenvalue weighted by atomic mass is 10.2. The van der Waals surface area contributed by atoms with Gasteiger partial charge in [0.2, 0.25) is 15.8 Å². The van der Waals surface area contributed by atoms with Crippen LogP contribution in [0.5, 0.6) is 0 Å². The van der Waals surface area contributed by atoms with E-state index in [0.29, 0.717) is 6.54 Å². The second-order valence-corrected chi connectivity index (χ2v) is 6.97. The molecule has 1 aromatic heterocycles. The lowest BCUT2D eigenvalue weighted by Gasteiger charge is -2.18. The van der Waals surface area contributed by atoms with Gasteiger partial charge < -0.3 is 9.52 Å². The van der Waals surface area contributed by atoms with E-state index in [4.69, 9.17) is 9.52 Å². The summed E-state index contributed by atoms with van der Waals surface area (Å²) in [6, 6.07) is 0.999. The molecule has 0 aromatic carbocycles. The van der Waals surface area contributed by atoms with Crippen molar-refractivity contribution in [3.63, 3.8) is 0 Å². The van der Waals surface area contributed by atoms with E-state index in [0.717, 1.165) is 6.07 Å². The highest BCUT2D eigenvalue weighted by Gasteiger charge is 2.28. The minimum absolute atomic E-state index is 0.101. The van der Waals surface area contributed by atoms with E-state index in [1.165, 1.54) is 11.4 Å². The Kier molecular flexibility index (Phi) is 4.57. The van der Waals surface area contributed by atoms with Gasteiger partial charge in [-0.15, -0.1) is 0 Å². The molecule has 102 valence electrons. The Bertz CT molecular complexity index is 549. The third kappa shape index (κ3) is 3.12. The molecule has 0 fully saturated rings. The number of halogens is 1. The van der Waals surface area contributed by atoms with Crippen molar-refractivity contribution in [2.24, 2.45) is 5.92 Å². The van der Waals surface area contributed by atoms with E-state index in [9.17, 15) is 13.2 Å². The van der Waals surface area contributed by atoms with Gasteiger partial charge in [-0.2, -0.15) is 0 Å². The zero-order valence-corrected chi connectivity index (χ0v) is 12.6. The van der Waals surface area contributed by atoms with Crippen LogP contribution in [0.4, 0.5) is 0 Å². The third-order valence-electron chi connectivity index (χ3n) is 2.18. The minimum Gasteiger partial charge on any atom is -0.475 e. The molecule has 0 bridgehead atoms. The van der Waals surface area contributed by atoms with E-state index < -0.39 is 21.8 Å². The summed E-state index contributed by atoms with van der Waals surface area (Å²) in [4.78, 5) is 10.5. The molecule has 1 N–H and O–H groups in total. The highest BCUT2D eigenvalue weighted by atomic mass is 79.9. The topological polar surface area (TPSA) is 87.8 Å². The maximum atomic E-state index is 12.2. The number of rotatable bonds is 5. The maximum absolute atomic E-state index is 12.2. The van der Waals surface area contributed by atoms with Gasteiger partial charge in [0.25, 0.3) is 0 Å². The van der Waals surface area contributed by atoms with E-state index in [2.05, 4.69) is 15.9 Å². The van der Waals surface area contributed by atoms with Gasteiger partial charge in [-0.05, 0) is 21.8 Å². The number of carboxylic acids is 1. The average molecular weight is 340 g/mol. The molecule has 0 aliphatic carbocycles. The summed E-state index contributed by atoms with van der Waals surface area (Å²) >= 11 is 2.92. The van der Waals surface area contributed by atoms with Crippen molar-refractivity contribution in [1.82, 2.24) is 4.31 Å². The van der Waals surface area contributed by atoms with Gasteiger partial charge in [0.15, 0.2) is 4.67 Å². The van der Waals surface area contributed by atoms with E-state index >= 15 is 0 Å². The standard InChI is InChI=1S/C10H14BrNO5S/c1-6(2)5-12(3)18(15,16)8-4-7(10(13)14)17-9(8)11/h4,6H,5H2,1-3H3,(H,13,14). The van der Waals surface area contributed by atoms with Crippen LogP contribution in [0.2, 0.25) is 0 Å². The Morgan fingerprint density at radius 2 is 2.11 bits per heavy atom. The van der Waals surface area contributed by atoms with Crippen LogP contribution < -0.4 is 0 Å². The molecular formula is C10H14BrNO5S. The minimum atomic E-state index is -3.75. The Morgan fingerprint density at radius 3 is 2.50 bits per heavy atom. The number of hydrogen-bond acceptors (Lipinski definition) is 4. The molecule has 0 spiro atoms. The van der Waals surface area contributed by atoms with Gasteiger partial charge in [-0.1, -0.05) is 13.8 Å². The summed E-state index contributed by atoms with van der Waals surface area (Å²) in [5.74, 6) is -1.57. The molecule has 6 nitrogen and oxygen atoms in total. The summed E-state index contributed by atoms with van der Waals surface area (Å²) in [6.07, 6.45) is 0. The fourth-order valence-electron chi connectivity index (χ4n) is 1.41. The highest BCUT2D eigenvalue weighted by Crippen LogP contribution is 2.28. The van der Waals surface area contributed by atoms with Gasteiger partial charge in [-0.3, -0.25) is 0 Å². The van der Waals surface area contributed by atoms with Crippen LogP contribution in [0.3, 0.4) is 0 Å². The number of nitrogens with zero attached hydrogens (tertiary/aromatic N) is 1. The Labute approximate surface area is 114 Å². The molecule has 0 unspecified atom stereocenters. The first-order valence-electron chi connectivity index (χ1n) is 5.15. The first-order valence-corrected chi connectivity index (χ1v) is 7.38. The van der Waals surface area contributed by atoms with Crippen LogP contribution in [0.15, 0.2) is 20.0 Å². The maximum Gasteiger partial charge on any atom is 0.371 e. The molecular weight excluding hydrogens is 326 g/mol. The Morgan fingerprint density at radius 1 is 1.56 bits per heavy atom. The summed E-state index contributed by atoms with van der Waals surface area (Å²) in [5.41, 5.74) is 0. The summed E-state index contributed by atoms with van der Waals surface area (Å²) < 4.78 is 30.2. The van der Waals surface area contributed by atoms with Crippen LogP contribution in [-0.2, 0) is 10.0 Å². The molecule has 0 atom stereocenters. The zero-order valence-electron chi connectivity index (χ0n) is 10.2. The number of carbonyl (C=O) groups is 1. The Hall–Kier alpha value is -0.860. The van der Waals surface area contributed by atoms with Gasteiger partial charge in [0, 0.05) is 19.7 Å². The van der Waals surface area contributed by atoms with Crippen LogP contribution in [-0.4, -0.2) is 37.4 Å². The zero-order chi connectivity index (χ0) is 14.1. The predicted molar refractivity (Wildman–Crippen MR) is 68.0 cm³/mol. The number of furan rings is 1. The molecule has 18 heavy (non-hydrogen) atoms. The molecule has 1 rings (SSSR count). The second kappa shape index (κ2) is 5.41. The molecule has 1 heterocycles. The quantitative estimate of drug-likeness (QED) is 0.886. The van der Waals surface area contributed by atoms with Gasteiger partial charge in [-0.25, -0.2) is 17.5 Å². The first-order chi connectivity index (χ1) is 8.16. The lowest BCUT2D eigenvalue weighted by molar-refractivity contribution is 0.0661. The number of carboxylic acid groups (broad SMARTS) is 1. The van der Waals surface area contributed by atoms with Crippen molar-refractivity contribution in [3.8, 4) is 0 Å². The van der Waals surface area contributed by atoms with E-state index in [-0.39, 0.29) is 15.5 Å². The molecule has 0 saturated carbocycles. The summed E-state index contributed by atoms with van der Waals surface area (Å²) in [5, 5.41) is 8.75. The Balaban J connectivity index is 3.16. The molecule has 0 saturated heterocycles. The van der Waals surface area contributed by atoms with Crippen molar-refractivity contribution in [2.45, 2.75) is 18.7 Å². The van der Waals surface area contributed by atoms with E-state index in [1.54, 1.807) is 0 Å². The fraction of sp³-hybridized carbons (Fsp3) is 0.500. The lowest BCUT2D eigenvalue weighted by Crippen LogP contribution is -2.30. The second-order valence-electron chi connectivity index (χ2n) is 4.23. The largest absolute Gasteiger partial charge is 0.475 e. The number of hydrogen-bond donors (Lipinski definition) is 1. The molecule has 0 amide bonds. The third-order valence-corrected chi connectivity index (χ3v) is 4.86. The average Bonchev–Trinajstić information content (AvgIpc) is 2.59. The van der Waals surface area contributed by atoms with Crippen molar-refractivity contribution >= 4 is 31.9 Å². The van der Waals surface area contributed by atoms with Crippen molar-refractivity contribution < 1.29 is 22.7 Å². The fourth-order valence-corrected chi connectivity index (χ4v) is 3.65. The van der Waals surface area contributed by atoms with Crippen LogP contribution in [0.1, 0.15) is 24.4 Å². The normalized spacial score (nSPS) is 12.3. The van der Waals surface area contributed by atoms with Gasteiger partial charge in [0.05, 0.1) is 0 Å².